The number of cyclic esters (lactones) is 1. The van der Waals surface area contributed by atoms with E-state index in [1.807, 2.05) is 54.6 Å². The van der Waals surface area contributed by atoms with E-state index in [0.717, 1.165) is 16.7 Å². The summed E-state index contributed by atoms with van der Waals surface area (Å²) in [5.41, 5.74) is 3.40. The summed E-state index contributed by atoms with van der Waals surface area (Å²) in [5.74, 6) is -0.282. The molecule has 0 spiro atoms. The average Bonchev–Trinajstić information content (AvgIpc) is 2.43. The highest BCUT2D eigenvalue weighted by molar-refractivity contribution is 5.80. The number of ether oxygens (including phenoxy) is 1. The van der Waals surface area contributed by atoms with E-state index in [1.54, 1.807) is 0 Å². The molecule has 0 saturated carbocycles. The van der Waals surface area contributed by atoms with Gasteiger partial charge in [-0.2, -0.15) is 0 Å². The minimum Gasteiger partial charge on any atom is -0.460 e. The molecule has 90 valence electrons. The molecule has 0 N–H and O–H groups in total. The number of carbonyl (C=O) groups is 1. The summed E-state index contributed by atoms with van der Waals surface area (Å²) < 4.78 is 5.25. The molecule has 0 amide bonds. The van der Waals surface area contributed by atoms with Gasteiger partial charge in [0, 0.05) is 0 Å². The van der Waals surface area contributed by atoms with Crippen LogP contribution in [0.25, 0.3) is 0 Å². The first-order valence-corrected chi connectivity index (χ1v) is 6.13. The van der Waals surface area contributed by atoms with Gasteiger partial charge in [-0.1, -0.05) is 54.6 Å². The van der Waals surface area contributed by atoms with Crippen molar-refractivity contribution in [3.8, 4) is 0 Å². The second-order valence-electron chi connectivity index (χ2n) is 4.55. The minimum absolute atomic E-state index is 0.113. The summed E-state index contributed by atoms with van der Waals surface area (Å²) in [7, 11) is 0. The van der Waals surface area contributed by atoms with Crippen LogP contribution in [0, 0.1) is 0 Å². The highest BCUT2D eigenvalue weighted by Gasteiger charge is 2.28. The molecule has 1 aliphatic heterocycles. The van der Waals surface area contributed by atoms with Crippen LogP contribution < -0.4 is 0 Å². The van der Waals surface area contributed by atoms with E-state index in [0.29, 0.717) is 13.0 Å². The van der Waals surface area contributed by atoms with E-state index in [9.17, 15) is 4.79 Å². The third kappa shape index (κ3) is 2.02. The normalized spacial score (nSPS) is 18.0. The molecule has 1 heterocycles. The second-order valence-corrected chi connectivity index (χ2v) is 4.55. The fourth-order valence-electron chi connectivity index (χ4n) is 2.43. The van der Waals surface area contributed by atoms with Crippen LogP contribution in [0.3, 0.4) is 0 Å². The molecule has 2 aromatic carbocycles. The Labute approximate surface area is 106 Å². The van der Waals surface area contributed by atoms with Gasteiger partial charge in [-0.25, -0.2) is 0 Å². The summed E-state index contributed by atoms with van der Waals surface area (Å²) in [6.07, 6.45) is 0.705. The summed E-state index contributed by atoms with van der Waals surface area (Å²) in [5, 5.41) is 0. The molecule has 3 rings (SSSR count). The van der Waals surface area contributed by atoms with Gasteiger partial charge in [-0.3, -0.25) is 4.79 Å². The van der Waals surface area contributed by atoms with E-state index in [-0.39, 0.29) is 11.9 Å². The zero-order valence-corrected chi connectivity index (χ0v) is 10.0. The van der Waals surface area contributed by atoms with Gasteiger partial charge < -0.3 is 4.74 Å². The molecule has 2 heteroatoms. The fraction of sp³-hybridized carbons (Fsp3) is 0.188. The topological polar surface area (TPSA) is 26.3 Å². The van der Waals surface area contributed by atoms with Crippen molar-refractivity contribution in [2.24, 2.45) is 0 Å². The van der Waals surface area contributed by atoms with Crippen LogP contribution in [-0.4, -0.2) is 5.97 Å². The van der Waals surface area contributed by atoms with Crippen molar-refractivity contribution in [2.75, 3.05) is 0 Å². The molecular formula is C16H14O2. The van der Waals surface area contributed by atoms with Crippen molar-refractivity contribution in [2.45, 2.75) is 18.9 Å². The Hall–Kier alpha value is -2.09. The van der Waals surface area contributed by atoms with Crippen molar-refractivity contribution < 1.29 is 9.53 Å². The lowest BCUT2D eigenvalue weighted by Crippen LogP contribution is -2.24. The Morgan fingerprint density at radius 3 is 2.56 bits per heavy atom. The third-order valence-electron chi connectivity index (χ3n) is 3.37. The van der Waals surface area contributed by atoms with E-state index in [1.165, 1.54) is 0 Å². The van der Waals surface area contributed by atoms with E-state index in [2.05, 4.69) is 0 Å². The van der Waals surface area contributed by atoms with E-state index < -0.39 is 0 Å². The van der Waals surface area contributed by atoms with Gasteiger partial charge in [0.2, 0.25) is 0 Å². The molecular weight excluding hydrogens is 224 g/mol. The molecule has 2 nitrogen and oxygen atoms in total. The van der Waals surface area contributed by atoms with Crippen LogP contribution >= 0.6 is 0 Å². The van der Waals surface area contributed by atoms with Gasteiger partial charge in [0.25, 0.3) is 0 Å². The molecule has 0 saturated heterocycles. The highest BCUT2D eigenvalue weighted by atomic mass is 16.5. The maximum absolute atomic E-state index is 11.9. The predicted molar refractivity (Wildman–Crippen MR) is 69.1 cm³/mol. The van der Waals surface area contributed by atoms with Crippen LogP contribution in [0.15, 0.2) is 54.6 Å². The first kappa shape index (κ1) is 11.0. The zero-order chi connectivity index (χ0) is 12.4. The Morgan fingerprint density at radius 1 is 1.00 bits per heavy atom. The molecule has 0 bridgehead atoms. The van der Waals surface area contributed by atoms with Crippen molar-refractivity contribution in [3.63, 3.8) is 0 Å². The number of hydrogen-bond donors (Lipinski definition) is 0. The molecule has 1 atom stereocenters. The number of benzene rings is 2. The molecule has 0 fully saturated rings. The molecule has 1 unspecified atom stereocenters. The minimum atomic E-state index is -0.169. The van der Waals surface area contributed by atoms with Crippen LogP contribution in [0.5, 0.6) is 0 Å². The third-order valence-corrected chi connectivity index (χ3v) is 3.37. The number of carbonyl (C=O) groups excluding carboxylic acids is 1. The molecule has 18 heavy (non-hydrogen) atoms. The maximum Gasteiger partial charge on any atom is 0.314 e. The van der Waals surface area contributed by atoms with Crippen LogP contribution in [0.1, 0.15) is 22.6 Å². The number of hydrogen-bond acceptors (Lipinski definition) is 2. The van der Waals surface area contributed by atoms with Crippen LogP contribution in [-0.2, 0) is 22.6 Å². The maximum atomic E-state index is 11.9. The quantitative estimate of drug-likeness (QED) is 0.751. The second kappa shape index (κ2) is 4.65. The summed E-state index contributed by atoms with van der Waals surface area (Å²) in [4.78, 5) is 11.9. The number of fused-ring (bicyclic) bond motifs is 1. The van der Waals surface area contributed by atoms with Gasteiger partial charge in [0.1, 0.15) is 6.61 Å². The van der Waals surface area contributed by atoms with E-state index >= 15 is 0 Å². The SMILES string of the molecule is O=C1OCc2ccccc2C1Cc1ccccc1. The standard InChI is InChI=1S/C16H14O2/c17-16-15(10-12-6-2-1-3-7-12)14-9-5-4-8-13(14)11-18-16/h1-9,15H,10-11H2. The van der Waals surface area contributed by atoms with Crippen LogP contribution in [0.4, 0.5) is 0 Å². The highest BCUT2D eigenvalue weighted by Crippen LogP contribution is 2.30. The lowest BCUT2D eigenvalue weighted by atomic mass is 9.87. The Morgan fingerprint density at radius 2 is 1.72 bits per heavy atom. The molecule has 0 aromatic heterocycles. The summed E-state index contributed by atoms with van der Waals surface area (Å²) >= 11 is 0. The van der Waals surface area contributed by atoms with Crippen LogP contribution in [0.2, 0.25) is 0 Å². The van der Waals surface area contributed by atoms with Crippen molar-refractivity contribution in [1.29, 1.82) is 0 Å². The van der Waals surface area contributed by atoms with Gasteiger partial charge in [-0.15, -0.1) is 0 Å². The van der Waals surface area contributed by atoms with Gasteiger partial charge in [0.15, 0.2) is 0 Å². The van der Waals surface area contributed by atoms with Gasteiger partial charge in [-0.05, 0) is 23.1 Å². The van der Waals surface area contributed by atoms with Crippen molar-refractivity contribution >= 4 is 5.97 Å². The van der Waals surface area contributed by atoms with Gasteiger partial charge >= 0.3 is 5.97 Å². The Bertz CT molecular complexity index is 560. The van der Waals surface area contributed by atoms with Gasteiger partial charge in [0.05, 0.1) is 5.92 Å². The predicted octanol–water partition coefficient (Wildman–Crippen LogP) is 3.07. The van der Waals surface area contributed by atoms with Crippen molar-refractivity contribution in [3.05, 3.63) is 71.3 Å². The lowest BCUT2D eigenvalue weighted by Gasteiger charge is -2.24. The molecule has 2 aromatic rings. The molecule has 1 aliphatic rings. The Kier molecular flexibility index (Phi) is 2.85. The summed E-state index contributed by atoms with van der Waals surface area (Å²) in [6.45, 7) is 0.403. The average molecular weight is 238 g/mol. The number of rotatable bonds is 2. The monoisotopic (exact) mass is 238 g/mol. The van der Waals surface area contributed by atoms with Crippen molar-refractivity contribution in [1.82, 2.24) is 0 Å². The molecule has 0 radical (unpaired) electrons. The summed E-state index contributed by atoms with van der Waals surface area (Å²) in [6, 6.07) is 18.1. The fourth-order valence-corrected chi connectivity index (χ4v) is 2.43. The first-order valence-electron chi connectivity index (χ1n) is 6.13. The smallest absolute Gasteiger partial charge is 0.314 e. The first-order chi connectivity index (χ1) is 8.84. The van der Waals surface area contributed by atoms with E-state index in [4.69, 9.17) is 4.74 Å². The Balaban J connectivity index is 1.94. The zero-order valence-electron chi connectivity index (χ0n) is 10.0. The number of esters is 1. The molecule has 0 aliphatic carbocycles. The largest absolute Gasteiger partial charge is 0.460 e. The lowest BCUT2D eigenvalue weighted by molar-refractivity contribution is -0.148.